The highest BCUT2D eigenvalue weighted by molar-refractivity contribution is 9.10. The first kappa shape index (κ1) is 14.0. The van der Waals surface area contributed by atoms with Crippen LogP contribution >= 0.6 is 28.1 Å². The van der Waals surface area contributed by atoms with E-state index in [2.05, 4.69) is 15.9 Å². The van der Waals surface area contributed by atoms with Crippen LogP contribution < -0.4 is 10.5 Å². The van der Waals surface area contributed by atoms with Crippen molar-refractivity contribution in [2.45, 2.75) is 6.61 Å². The number of halogens is 2. The largest absolute Gasteiger partial charge is 0.488 e. The van der Waals surface area contributed by atoms with Gasteiger partial charge in [-0.2, -0.15) is 0 Å². The fourth-order valence-electron chi connectivity index (χ4n) is 1.52. The van der Waals surface area contributed by atoms with Gasteiger partial charge in [0.1, 0.15) is 23.2 Å². The molecule has 0 fully saturated rings. The lowest BCUT2D eigenvalue weighted by Crippen LogP contribution is -2.09. The second-order valence-electron chi connectivity index (χ2n) is 3.92. The third-order valence-electron chi connectivity index (χ3n) is 2.53. The summed E-state index contributed by atoms with van der Waals surface area (Å²) in [5.41, 5.74) is 7.32. The van der Waals surface area contributed by atoms with Crippen LogP contribution in [0.3, 0.4) is 0 Å². The first-order valence-electron chi connectivity index (χ1n) is 5.53. The van der Waals surface area contributed by atoms with E-state index in [0.29, 0.717) is 21.8 Å². The number of hydrogen-bond donors (Lipinski definition) is 1. The molecular weight excluding hydrogens is 329 g/mol. The summed E-state index contributed by atoms with van der Waals surface area (Å²) in [7, 11) is 0. The molecule has 0 aromatic heterocycles. The smallest absolute Gasteiger partial charge is 0.134 e. The summed E-state index contributed by atoms with van der Waals surface area (Å²) in [6.07, 6.45) is 0. The highest BCUT2D eigenvalue weighted by atomic mass is 79.9. The molecule has 2 aromatic carbocycles. The van der Waals surface area contributed by atoms with Crippen LogP contribution in [-0.4, -0.2) is 4.99 Å². The first-order valence-corrected chi connectivity index (χ1v) is 6.73. The summed E-state index contributed by atoms with van der Waals surface area (Å²) in [5, 5.41) is 0. The number of ether oxygens (including phenoxy) is 1. The van der Waals surface area contributed by atoms with Gasteiger partial charge in [0.15, 0.2) is 0 Å². The maximum atomic E-state index is 12.9. The molecule has 5 heteroatoms. The highest BCUT2D eigenvalue weighted by Crippen LogP contribution is 2.26. The van der Waals surface area contributed by atoms with Gasteiger partial charge in [0.05, 0.1) is 4.47 Å². The average Bonchev–Trinajstić information content (AvgIpc) is 2.38. The Bertz CT molecular complexity index is 601. The van der Waals surface area contributed by atoms with Gasteiger partial charge in [-0.3, -0.25) is 0 Å². The quantitative estimate of drug-likeness (QED) is 0.860. The van der Waals surface area contributed by atoms with Crippen LogP contribution in [0.2, 0.25) is 0 Å². The van der Waals surface area contributed by atoms with Gasteiger partial charge < -0.3 is 10.5 Å². The second kappa shape index (κ2) is 6.12. The van der Waals surface area contributed by atoms with E-state index in [-0.39, 0.29) is 5.82 Å². The first-order chi connectivity index (χ1) is 9.06. The third kappa shape index (κ3) is 3.75. The molecule has 2 aromatic rings. The van der Waals surface area contributed by atoms with Crippen molar-refractivity contribution in [1.29, 1.82) is 0 Å². The van der Waals surface area contributed by atoms with E-state index in [1.165, 1.54) is 12.1 Å². The monoisotopic (exact) mass is 339 g/mol. The van der Waals surface area contributed by atoms with E-state index in [1.807, 2.05) is 24.3 Å². The van der Waals surface area contributed by atoms with Gasteiger partial charge in [0.25, 0.3) is 0 Å². The number of rotatable bonds is 4. The van der Waals surface area contributed by atoms with Gasteiger partial charge in [0, 0.05) is 5.56 Å². The molecule has 0 saturated carbocycles. The standard InChI is InChI=1S/C14H11BrFNOS/c15-12-7-11(16)5-6-13(12)18-8-9-1-3-10(4-2-9)14(17)19/h1-7H,8H2,(H2,17,19). The van der Waals surface area contributed by atoms with E-state index in [4.69, 9.17) is 22.7 Å². The highest BCUT2D eigenvalue weighted by Gasteiger charge is 2.03. The zero-order valence-corrected chi connectivity index (χ0v) is 12.3. The van der Waals surface area contributed by atoms with Crippen molar-refractivity contribution in [1.82, 2.24) is 0 Å². The van der Waals surface area contributed by atoms with E-state index >= 15 is 0 Å². The summed E-state index contributed by atoms with van der Waals surface area (Å²) in [4.78, 5) is 0.369. The molecule has 0 aliphatic heterocycles. The van der Waals surface area contributed by atoms with Crippen molar-refractivity contribution >= 4 is 33.1 Å². The van der Waals surface area contributed by atoms with Crippen LogP contribution in [0.5, 0.6) is 5.75 Å². The minimum atomic E-state index is -0.306. The van der Waals surface area contributed by atoms with Gasteiger partial charge in [0.2, 0.25) is 0 Å². The van der Waals surface area contributed by atoms with Crippen LogP contribution in [0.1, 0.15) is 11.1 Å². The van der Waals surface area contributed by atoms with Crippen molar-refractivity contribution in [2.75, 3.05) is 0 Å². The molecule has 0 heterocycles. The summed E-state index contributed by atoms with van der Waals surface area (Å²) in [6.45, 7) is 0.391. The van der Waals surface area contributed by atoms with Gasteiger partial charge in [-0.15, -0.1) is 0 Å². The fourth-order valence-corrected chi connectivity index (χ4v) is 2.12. The Labute approximate surface area is 124 Å². The molecule has 98 valence electrons. The van der Waals surface area contributed by atoms with Crippen LogP contribution in [-0.2, 0) is 6.61 Å². The molecule has 0 unspecified atom stereocenters. The molecule has 0 radical (unpaired) electrons. The van der Waals surface area contributed by atoms with Crippen LogP contribution in [0.25, 0.3) is 0 Å². The SMILES string of the molecule is NC(=S)c1ccc(COc2ccc(F)cc2Br)cc1. The molecule has 19 heavy (non-hydrogen) atoms. The Hall–Kier alpha value is -1.46. The Kier molecular flexibility index (Phi) is 4.50. The van der Waals surface area contributed by atoms with Crippen LogP contribution in [0.15, 0.2) is 46.9 Å². The molecule has 2 rings (SSSR count). The molecule has 0 aliphatic rings. The number of nitrogens with two attached hydrogens (primary N) is 1. The third-order valence-corrected chi connectivity index (χ3v) is 3.38. The van der Waals surface area contributed by atoms with Crippen molar-refractivity contribution in [3.63, 3.8) is 0 Å². The molecule has 0 aliphatic carbocycles. The Morgan fingerprint density at radius 2 is 1.89 bits per heavy atom. The zero-order chi connectivity index (χ0) is 13.8. The van der Waals surface area contributed by atoms with Crippen molar-refractivity contribution < 1.29 is 9.13 Å². The number of benzene rings is 2. The maximum absolute atomic E-state index is 12.9. The van der Waals surface area contributed by atoms with Crippen LogP contribution in [0.4, 0.5) is 4.39 Å². The Morgan fingerprint density at radius 1 is 1.21 bits per heavy atom. The average molecular weight is 340 g/mol. The number of hydrogen-bond acceptors (Lipinski definition) is 2. The van der Waals surface area contributed by atoms with E-state index in [1.54, 1.807) is 6.07 Å². The second-order valence-corrected chi connectivity index (χ2v) is 5.22. The lowest BCUT2D eigenvalue weighted by molar-refractivity contribution is 0.303. The molecule has 0 spiro atoms. The normalized spacial score (nSPS) is 10.2. The fraction of sp³-hybridized carbons (Fsp3) is 0.0714. The topological polar surface area (TPSA) is 35.2 Å². The lowest BCUT2D eigenvalue weighted by Gasteiger charge is -2.08. The minimum absolute atomic E-state index is 0.306. The predicted molar refractivity (Wildman–Crippen MR) is 80.8 cm³/mol. The Morgan fingerprint density at radius 3 is 2.47 bits per heavy atom. The van der Waals surface area contributed by atoms with Gasteiger partial charge in [-0.1, -0.05) is 36.5 Å². The molecule has 0 amide bonds. The van der Waals surface area contributed by atoms with Crippen molar-refractivity contribution in [2.24, 2.45) is 5.73 Å². The maximum Gasteiger partial charge on any atom is 0.134 e. The van der Waals surface area contributed by atoms with Gasteiger partial charge >= 0.3 is 0 Å². The van der Waals surface area contributed by atoms with Gasteiger partial charge in [-0.05, 0) is 39.7 Å². The van der Waals surface area contributed by atoms with E-state index in [0.717, 1.165) is 11.1 Å². The van der Waals surface area contributed by atoms with E-state index < -0.39 is 0 Å². The van der Waals surface area contributed by atoms with Gasteiger partial charge in [-0.25, -0.2) is 4.39 Å². The van der Waals surface area contributed by atoms with E-state index in [9.17, 15) is 4.39 Å². The molecule has 2 N–H and O–H groups in total. The Balaban J connectivity index is 2.04. The minimum Gasteiger partial charge on any atom is -0.488 e. The molecule has 0 saturated heterocycles. The zero-order valence-electron chi connectivity index (χ0n) is 9.90. The van der Waals surface area contributed by atoms with Crippen molar-refractivity contribution in [3.05, 3.63) is 63.9 Å². The predicted octanol–water partition coefficient (Wildman–Crippen LogP) is 3.80. The summed E-state index contributed by atoms with van der Waals surface area (Å²) in [6, 6.07) is 11.8. The number of thiocarbonyl (C=S) groups is 1. The van der Waals surface area contributed by atoms with Crippen LogP contribution in [0, 0.1) is 5.82 Å². The molecule has 2 nitrogen and oxygen atoms in total. The lowest BCUT2D eigenvalue weighted by atomic mass is 10.1. The summed E-state index contributed by atoms with van der Waals surface area (Å²) < 4.78 is 19.1. The molecule has 0 bridgehead atoms. The molecular formula is C14H11BrFNOS. The molecule has 0 atom stereocenters. The summed E-state index contributed by atoms with van der Waals surface area (Å²) in [5.74, 6) is 0.292. The summed E-state index contributed by atoms with van der Waals surface area (Å²) >= 11 is 8.13. The van der Waals surface area contributed by atoms with Crippen molar-refractivity contribution in [3.8, 4) is 5.75 Å².